The van der Waals surface area contributed by atoms with Crippen LogP contribution in [0.2, 0.25) is 0 Å². The van der Waals surface area contributed by atoms with Crippen molar-refractivity contribution in [2.75, 3.05) is 23.4 Å². The number of sulfone groups is 1. The molecule has 0 aliphatic carbocycles. The van der Waals surface area contributed by atoms with Crippen LogP contribution in [0.25, 0.3) is 0 Å². The summed E-state index contributed by atoms with van der Waals surface area (Å²) in [6.45, 7) is 1.28. The van der Waals surface area contributed by atoms with E-state index in [1.165, 1.54) is 24.3 Å². The van der Waals surface area contributed by atoms with Crippen molar-refractivity contribution >= 4 is 37.4 Å². The van der Waals surface area contributed by atoms with Crippen molar-refractivity contribution in [3.63, 3.8) is 0 Å². The molecular formula is C22H25N3O6S2. The second-order valence-electron chi connectivity index (χ2n) is 8.32. The molecule has 0 spiro atoms. The van der Waals surface area contributed by atoms with Crippen molar-refractivity contribution in [1.29, 1.82) is 0 Å². The number of carbonyl (C=O) groups excluding carboxylic acids is 2. The van der Waals surface area contributed by atoms with Gasteiger partial charge >= 0.3 is 0 Å². The molecule has 4 rings (SSSR count). The van der Waals surface area contributed by atoms with Gasteiger partial charge in [-0.1, -0.05) is 12.1 Å². The summed E-state index contributed by atoms with van der Waals surface area (Å²) in [5.74, 6) is -0.426. The van der Waals surface area contributed by atoms with E-state index in [2.05, 4.69) is 10.0 Å². The molecule has 2 amide bonds. The van der Waals surface area contributed by atoms with Crippen molar-refractivity contribution in [3.8, 4) is 0 Å². The first kappa shape index (κ1) is 23.4. The van der Waals surface area contributed by atoms with Gasteiger partial charge in [0.1, 0.15) is 0 Å². The first-order valence-electron chi connectivity index (χ1n) is 10.6. The number of sulfonamides is 1. The molecule has 2 fully saturated rings. The Balaban J connectivity index is 1.35. The lowest BCUT2D eigenvalue weighted by atomic mass is 10.1. The number of likely N-dealkylation sites (tertiary alicyclic amines) is 1. The van der Waals surface area contributed by atoms with Gasteiger partial charge in [0.05, 0.1) is 16.4 Å². The topological polar surface area (TPSA) is 130 Å². The first-order chi connectivity index (χ1) is 15.6. The van der Waals surface area contributed by atoms with E-state index in [4.69, 9.17) is 0 Å². The van der Waals surface area contributed by atoms with Crippen molar-refractivity contribution in [1.82, 2.24) is 9.62 Å². The summed E-state index contributed by atoms with van der Waals surface area (Å²) in [5, 5.41) is 2.72. The Labute approximate surface area is 193 Å². The molecule has 0 aromatic heterocycles. The van der Waals surface area contributed by atoms with Gasteiger partial charge in [0.25, 0.3) is 5.91 Å². The van der Waals surface area contributed by atoms with Gasteiger partial charge in [-0.3, -0.25) is 9.59 Å². The number of hydrogen-bond acceptors (Lipinski definition) is 6. The minimum Gasteiger partial charge on any atom is -0.338 e. The van der Waals surface area contributed by atoms with Gasteiger partial charge < -0.3 is 10.2 Å². The standard InChI is InChI=1S/C22H25N3O6S2/c26-21-2-1-12-25(21)14-16-3-5-17(6-4-16)22(27)23-18-7-9-20(10-8-18)33(30,31)24-19-11-13-32(28,29)15-19/h3-10,19,24H,1-2,11-15H2,(H,23,27). The Morgan fingerprint density at radius 2 is 1.76 bits per heavy atom. The second kappa shape index (κ2) is 9.24. The molecule has 0 radical (unpaired) electrons. The largest absolute Gasteiger partial charge is 0.338 e. The molecule has 0 bridgehead atoms. The lowest BCUT2D eigenvalue weighted by molar-refractivity contribution is -0.128. The summed E-state index contributed by atoms with van der Waals surface area (Å²) in [6.07, 6.45) is 1.71. The molecule has 0 saturated carbocycles. The highest BCUT2D eigenvalue weighted by atomic mass is 32.2. The van der Waals surface area contributed by atoms with E-state index in [9.17, 15) is 26.4 Å². The Morgan fingerprint density at radius 1 is 1.06 bits per heavy atom. The predicted octanol–water partition coefficient (Wildman–Crippen LogP) is 1.53. The number of benzene rings is 2. The third kappa shape index (κ3) is 5.79. The van der Waals surface area contributed by atoms with E-state index < -0.39 is 25.9 Å². The fraction of sp³-hybridized carbons (Fsp3) is 0.364. The van der Waals surface area contributed by atoms with Crippen molar-refractivity contribution in [2.24, 2.45) is 0 Å². The minimum atomic E-state index is -3.87. The highest BCUT2D eigenvalue weighted by Crippen LogP contribution is 2.19. The van der Waals surface area contributed by atoms with Gasteiger partial charge in [-0.15, -0.1) is 0 Å². The van der Waals surface area contributed by atoms with E-state index in [0.29, 0.717) is 24.2 Å². The summed E-state index contributed by atoms with van der Waals surface area (Å²) >= 11 is 0. The Hall–Kier alpha value is -2.76. The molecule has 2 N–H and O–H groups in total. The van der Waals surface area contributed by atoms with E-state index in [1.54, 1.807) is 17.0 Å². The highest BCUT2D eigenvalue weighted by Gasteiger charge is 2.31. The Bertz CT molecular complexity index is 1260. The molecule has 2 aromatic carbocycles. The van der Waals surface area contributed by atoms with Crippen molar-refractivity contribution < 1.29 is 26.4 Å². The number of hydrogen-bond donors (Lipinski definition) is 2. The van der Waals surface area contributed by atoms with E-state index in [0.717, 1.165) is 18.5 Å². The third-order valence-corrected chi connectivity index (χ3v) is 9.04. The highest BCUT2D eigenvalue weighted by molar-refractivity contribution is 7.92. The van der Waals surface area contributed by atoms with Crippen molar-refractivity contribution in [3.05, 3.63) is 59.7 Å². The average molecular weight is 492 g/mol. The fourth-order valence-corrected chi connectivity index (χ4v) is 7.00. The summed E-state index contributed by atoms with van der Waals surface area (Å²) in [4.78, 5) is 26.1. The van der Waals surface area contributed by atoms with Gasteiger partial charge in [-0.05, 0) is 54.8 Å². The number of rotatable bonds is 7. The minimum absolute atomic E-state index is 0.00869. The monoisotopic (exact) mass is 491 g/mol. The maximum absolute atomic E-state index is 12.5. The maximum Gasteiger partial charge on any atom is 0.255 e. The van der Waals surface area contributed by atoms with Crippen LogP contribution < -0.4 is 10.0 Å². The molecular weight excluding hydrogens is 466 g/mol. The quantitative estimate of drug-likeness (QED) is 0.604. The Morgan fingerprint density at radius 3 is 2.33 bits per heavy atom. The van der Waals surface area contributed by atoms with Crippen LogP contribution in [-0.4, -0.2) is 57.6 Å². The van der Waals surface area contributed by atoms with Gasteiger partial charge in [-0.25, -0.2) is 21.6 Å². The van der Waals surface area contributed by atoms with Gasteiger partial charge in [0.2, 0.25) is 15.9 Å². The van der Waals surface area contributed by atoms with Crippen LogP contribution in [0.15, 0.2) is 53.4 Å². The fourth-order valence-electron chi connectivity index (χ4n) is 3.95. The smallest absolute Gasteiger partial charge is 0.255 e. The van der Waals surface area contributed by atoms with Crippen LogP contribution in [0.1, 0.15) is 35.2 Å². The van der Waals surface area contributed by atoms with Crippen LogP contribution in [0.5, 0.6) is 0 Å². The SMILES string of the molecule is O=C(Nc1ccc(S(=O)(=O)NC2CCS(=O)(=O)C2)cc1)c1ccc(CN2CCCC2=O)cc1. The van der Waals surface area contributed by atoms with Gasteiger partial charge in [0.15, 0.2) is 9.84 Å². The summed E-state index contributed by atoms with van der Waals surface area (Å²) in [5.41, 5.74) is 1.81. The molecule has 2 saturated heterocycles. The van der Waals surface area contributed by atoms with Gasteiger partial charge in [0, 0.05) is 36.8 Å². The number of anilines is 1. The van der Waals surface area contributed by atoms with Crippen molar-refractivity contribution in [2.45, 2.75) is 36.7 Å². The molecule has 9 nitrogen and oxygen atoms in total. The summed E-state index contributed by atoms with van der Waals surface area (Å²) in [7, 11) is -7.06. The van der Waals surface area contributed by atoms with Crippen LogP contribution in [0.3, 0.4) is 0 Å². The zero-order chi connectivity index (χ0) is 23.6. The maximum atomic E-state index is 12.5. The summed E-state index contributed by atoms with van der Waals surface area (Å²) < 4.78 is 50.5. The molecule has 11 heteroatoms. The number of amides is 2. The normalized spacial score (nSPS) is 20.2. The zero-order valence-electron chi connectivity index (χ0n) is 17.9. The second-order valence-corrected chi connectivity index (χ2v) is 12.3. The average Bonchev–Trinajstić information content (AvgIpc) is 3.32. The lowest BCUT2D eigenvalue weighted by Crippen LogP contribution is -2.35. The van der Waals surface area contributed by atoms with Gasteiger partial charge in [-0.2, -0.15) is 0 Å². The number of nitrogens with one attached hydrogen (secondary N) is 2. The molecule has 176 valence electrons. The van der Waals surface area contributed by atoms with Crippen LogP contribution in [-0.2, 0) is 31.2 Å². The molecule has 1 atom stereocenters. The number of carbonyl (C=O) groups is 2. The van der Waals surface area contributed by atoms with E-state index >= 15 is 0 Å². The zero-order valence-corrected chi connectivity index (χ0v) is 19.5. The molecule has 1 unspecified atom stereocenters. The first-order valence-corrected chi connectivity index (χ1v) is 13.9. The Kier molecular flexibility index (Phi) is 6.55. The predicted molar refractivity (Wildman–Crippen MR) is 123 cm³/mol. The van der Waals surface area contributed by atoms with Crippen LogP contribution in [0.4, 0.5) is 5.69 Å². The number of nitrogens with zero attached hydrogens (tertiary/aromatic N) is 1. The van der Waals surface area contributed by atoms with E-state index in [-0.39, 0.29) is 34.6 Å². The molecule has 2 aromatic rings. The molecule has 33 heavy (non-hydrogen) atoms. The summed E-state index contributed by atoms with van der Waals surface area (Å²) in [6, 6.07) is 12.0. The molecule has 2 aliphatic heterocycles. The van der Waals surface area contributed by atoms with Crippen LogP contribution >= 0.6 is 0 Å². The van der Waals surface area contributed by atoms with E-state index in [1.807, 2.05) is 12.1 Å². The molecule has 2 heterocycles. The lowest BCUT2D eigenvalue weighted by Gasteiger charge is -2.15. The third-order valence-electron chi connectivity index (χ3n) is 5.74. The van der Waals surface area contributed by atoms with Crippen LogP contribution in [0, 0.1) is 0 Å². The molecule has 2 aliphatic rings.